The quantitative estimate of drug-likeness (QED) is 0.184. The van der Waals surface area contributed by atoms with E-state index >= 15 is 0 Å². The third-order valence-electron chi connectivity index (χ3n) is 8.58. The second kappa shape index (κ2) is 14.1. The fourth-order valence-electron chi connectivity index (χ4n) is 6.27. The maximum Gasteiger partial charge on any atom is 0.0679 e. The minimum absolute atomic E-state index is 0.762. The standard InChI is InChI=1S/C31H25N3.C12H15N/c1-3-24(4-2)34-30-11-6-5-9-26(30)27-16-12-21-19-22(13-15-25(21)31(27)34)29-17-14-23(20-33-29)28-10-7-8-18-32-28;1-3-11(7-8-13)12-6-4-5-10(2)9-12/h3-19,33H,1,20H2,2H3;3-9H,13H2,1-2H3/b24-4+;8-7-,11-3+. The molecule has 47 heavy (non-hydrogen) atoms. The number of fused-ring (bicyclic) bond motifs is 5. The van der Waals surface area contributed by atoms with E-state index in [-0.39, 0.29) is 0 Å². The van der Waals surface area contributed by atoms with Crippen LogP contribution in [-0.2, 0) is 0 Å². The van der Waals surface area contributed by atoms with Crippen LogP contribution in [0.4, 0.5) is 0 Å². The fraction of sp³-hybridized carbons (Fsp3) is 0.0930. The number of pyridine rings is 1. The number of nitrogens with two attached hydrogens (primary N) is 1. The van der Waals surface area contributed by atoms with E-state index in [2.05, 4.69) is 145 Å². The summed E-state index contributed by atoms with van der Waals surface area (Å²) in [6.45, 7) is 11.0. The molecule has 0 radical (unpaired) electrons. The molecule has 0 amide bonds. The lowest BCUT2D eigenvalue weighted by molar-refractivity contribution is 1.00. The maximum atomic E-state index is 5.36. The molecule has 1 aliphatic rings. The number of benzene rings is 4. The van der Waals surface area contributed by atoms with Crippen molar-refractivity contribution in [3.63, 3.8) is 0 Å². The van der Waals surface area contributed by atoms with Gasteiger partial charge in [0.05, 0.1) is 16.7 Å². The number of para-hydroxylation sites is 1. The third-order valence-corrected chi connectivity index (χ3v) is 8.58. The molecule has 0 saturated carbocycles. The molecule has 0 bridgehead atoms. The number of aromatic nitrogens is 2. The van der Waals surface area contributed by atoms with Crippen molar-refractivity contribution in [2.24, 2.45) is 5.73 Å². The number of aryl methyl sites for hydroxylation is 1. The molecule has 0 atom stereocenters. The van der Waals surface area contributed by atoms with Crippen LogP contribution < -0.4 is 11.1 Å². The van der Waals surface area contributed by atoms with E-state index in [1.54, 1.807) is 6.20 Å². The van der Waals surface area contributed by atoms with Crippen LogP contribution in [0.3, 0.4) is 0 Å². The van der Waals surface area contributed by atoms with Crippen LogP contribution in [0, 0.1) is 6.92 Å². The predicted molar refractivity (Wildman–Crippen MR) is 203 cm³/mol. The highest BCUT2D eigenvalue weighted by atomic mass is 15.0. The second-order valence-corrected chi connectivity index (χ2v) is 11.5. The largest absolute Gasteiger partial charge is 0.405 e. The highest BCUT2D eigenvalue weighted by molar-refractivity contribution is 6.19. The lowest BCUT2D eigenvalue weighted by Crippen LogP contribution is -2.18. The summed E-state index contributed by atoms with van der Waals surface area (Å²) < 4.78 is 2.33. The summed E-state index contributed by atoms with van der Waals surface area (Å²) in [7, 11) is 0. The summed E-state index contributed by atoms with van der Waals surface area (Å²) in [5.41, 5.74) is 17.0. The SMILES string of the molecule is C/C=C(\C=C/N)c1cccc(C)c1.C=C/C(=C\C)n1c2ccccc2c2ccc3cc(C4=CC=C(c5ccccn5)CN4)ccc3c21. The lowest BCUT2D eigenvalue weighted by Gasteiger charge is -2.18. The molecule has 0 saturated heterocycles. The van der Waals surface area contributed by atoms with Gasteiger partial charge in [0.25, 0.3) is 0 Å². The summed E-state index contributed by atoms with van der Waals surface area (Å²) in [6.07, 6.45) is 15.7. The zero-order chi connectivity index (χ0) is 32.8. The average molecular weight is 613 g/mol. The van der Waals surface area contributed by atoms with Gasteiger partial charge in [0, 0.05) is 40.3 Å². The monoisotopic (exact) mass is 612 g/mol. The van der Waals surface area contributed by atoms with Gasteiger partial charge in [-0.2, -0.15) is 0 Å². The van der Waals surface area contributed by atoms with Crippen LogP contribution >= 0.6 is 0 Å². The molecule has 0 unspecified atom stereocenters. The molecule has 0 spiro atoms. The molecule has 0 aliphatic carbocycles. The Morgan fingerprint density at radius 3 is 2.38 bits per heavy atom. The van der Waals surface area contributed by atoms with E-state index in [1.165, 1.54) is 54.8 Å². The van der Waals surface area contributed by atoms with Crippen molar-refractivity contribution in [2.75, 3.05) is 6.54 Å². The number of hydrogen-bond acceptors (Lipinski definition) is 3. The van der Waals surface area contributed by atoms with Crippen molar-refractivity contribution in [1.82, 2.24) is 14.9 Å². The summed E-state index contributed by atoms with van der Waals surface area (Å²) in [5.74, 6) is 0. The summed E-state index contributed by atoms with van der Waals surface area (Å²) in [5, 5.41) is 8.55. The fourth-order valence-corrected chi connectivity index (χ4v) is 6.27. The Labute approximate surface area is 277 Å². The van der Waals surface area contributed by atoms with Gasteiger partial charge in [-0.25, -0.2) is 0 Å². The molecular formula is C43H40N4. The van der Waals surface area contributed by atoms with E-state index in [0.717, 1.165) is 29.2 Å². The van der Waals surface area contributed by atoms with Gasteiger partial charge in [0.15, 0.2) is 0 Å². The Morgan fingerprint density at radius 2 is 1.68 bits per heavy atom. The lowest BCUT2D eigenvalue weighted by atomic mass is 10.00. The normalized spacial score (nSPS) is 13.7. The third kappa shape index (κ3) is 6.31. The van der Waals surface area contributed by atoms with Crippen LogP contribution in [0.25, 0.3) is 55.1 Å². The molecule has 4 heteroatoms. The molecule has 3 heterocycles. The van der Waals surface area contributed by atoms with Gasteiger partial charge >= 0.3 is 0 Å². The van der Waals surface area contributed by atoms with Crippen molar-refractivity contribution in [1.29, 1.82) is 0 Å². The van der Waals surface area contributed by atoms with Crippen LogP contribution in [0.5, 0.6) is 0 Å². The van der Waals surface area contributed by atoms with Crippen molar-refractivity contribution in [2.45, 2.75) is 20.8 Å². The summed E-state index contributed by atoms with van der Waals surface area (Å²) >= 11 is 0. The summed E-state index contributed by atoms with van der Waals surface area (Å²) in [6, 6.07) is 34.2. The number of nitrogens with zero attached hydrogens (tertiary/aromatic N) is 2. The predicted octanol–water partition coefficient (Wildman–Crippen LogP) is 10.3. The first-order valence-electron chi connectivity index (χ1n) is 16.0. The minimum Gasteiger partial charge on any atom is -0.405 e. The van der Waals surface area contributed by atoms with Crippen molar-refractivity contribution in [3.8, 4) is 0 Å². The van der Waals surface area contributed by atoms with E-state index in [1.807, 2.05) is 37.4 Å². The molecule has 6 aromatic rings. The van der Waals surface area contributed by atoms with Gasteiger partial charge in [0.2, 0.25) is 0 Å². The van der Waals surface area contributed by atoms with Crippen LogP contribution in [-0.4, -0.2) is 16.1 Å². The zero-order valence-corrected chi connectivity index (χ0v) is 27.2. The first-order chi connectivity index (χ1) is 23.1. The van der Waals surface area contributed by atoms with E-state index in [4.69, 9.17) is 5.73 Å². The Kier molecular flexibility index (Phi) is 9.31. The highest BCUT2D eigenvalue weighted by Gasteiger charge is 2.16. The topological polar surface area (TPSA) is 55.9 Å². The number of allylic oxidation sites excluding steroid dienone is 8. The molecule has 1 aliphatic heterocycles. The molecular weight excluding hydrogens is 573 g/mol. The first-order valence-corrected chi connectivity index (χ1v) is 16.0. The maximum absolute atomic E-state index is 5.36. The molecule has 3 N–H and O–H groups in total. The van der Waals surface area contributed by atoms with Crippen molar-refractivity contribution in [3.05, 3.63) is 175 Å². The van der Waals surface area contributed by atoms with Gasteiger partial charge in [0.1, 0.15) is 0 Å². The second-order valence-electron chi connectivity index (χ2n) is 11.5. The Balaban J connectivity index is 0.000000251. The Hall–Kier alpha value is -5.87. The molecule has 2 aromatic heterocycles. The van der Waals surface area contributed by atoms with E-state index in [0.29, 0.717) is 0 Å². The van der Waals surface area contributed by atoms with Crippen LogP contribution in [0.2, 0.25) is 0 Å². The Morgan fingerprint density at radius 1 is 0.851 bits per heavy atom. The first kappa shape index (κ1) is 31.1. The van der Waals surface area contributed by atoms with Gasteiger partial charge < -0.3 is 15.6 Å². The van der Waals surface area contributed by atoms with Gasteiger partial charge in [-0.05, 0) is 97.1 Å². The van der Waals surface area contributed by atoms with Crippen LogP contribution in [0.1, 0.15) is 36.2 Å². The highest BCUT2D eigenvalue weighted by Crippen LogP contribution is 2.37. The van der Waals surface area contributed by atoms with Crippen molar-refractivity contribution < 1.29 is 0 Å². The zero-order valence-electron chi connectivity index (χ0n) is 27.2. The molecule has 4 aromatic carbocycles. The van der Waals surface area contributed by atoms with E-state index in [9.17, 15) is 0 Å². The molecule has 0 fully saturated rings. The average Bonchev–Trinajstić information content (AvgIpc) is 3.46. The summed E-state index contributed by atoms with van der Waals surface area (Å²) in [4.78, 5) is 4.47. The van der Waals surface area contributed by atoms with Gasteiger partial charge in [-0.3, -0.25) is 4.98 Å². The number of hydrogen-bond donors (Lipinski definition) is 2. The van der Waals surface area contributed by atoms with Gasteiger partial charge in [-0.1, -0.05) is 103 Å². The van der Waals surface area contributed by atoms with Gasteiger partial charge in [-0.15, -0.1) is 0 Å². The molecule has 7 rings (SSSR count). The van der Waals surface area contributed by atoms with Crippen molar-refractivity contribution >= 4 is 55.1 Å². The number of dihydropyridines is 1. The van der Waals surface area contributed by atoms with Crippen LogP contribution in [0.15, 0.2) is 152 Å². The van der Waals surface area contributed by atoms with E-state index < -0.39 is 0 Å². The molecule has 4 nitrogen and oxygen atoms in total. The minimum atomic E-state index is 0.762. The smallest absolute Gasteiger partial charge is 0.0679 e. The Bertz CT molecular complexity index is 2240. The molecule has 232 valence electrons. The number of nitrogens with one attached hydrogen (secondary N) is 1. The number of rotatable bonds is 6.